The van der Waals surface area contributed by atoms with Gasteiger partial charge in [-0.3, -0.25) is 4.79 Å². The number of hydrogen-bond acceptors (Lipinski definition) is 6. The zero-order valence-corrected chi connectivity index (χ0v) is 20.1. The molecule has 2 saturated heterocycles. The summed E-state index contributed by atoms with van der Waals surface area (Å²) in [5.74, 6) is 1.43. The second kappa shape index (κ2) is 8.90. The summed E-state index contributed by atoms with van der Waals surface area (Å²) in [4.78, 5) is 25.8. The number of fused-ring (bicyclic) bond motifs is 1. The van der Waals surface area contributed by atoms with Gasteiger partial charge in [-0.1, -0.05) is 37.3 Å². The summed E-state index contributed by atoms with van der Waals surface area (Å²) >= 11 is 0. The molecule has 3 unspecified atom stereocenters. The Bertz CT molecular complexity index is 1070. The molecule has 0 N–H and O–H groups in total. The van der Waals surface area contributed by atoms with Gasteiger partial charge in [0.1, 0.15) is 0 Å². The van der Waals surface area contributed by atoms with Crippen LogP contribution >= 0.6 is 0 Å². The fourth-order valence-electron chi connectivity index (χ4n) is 5.08. The average molecular weight is 457 g/mol. The summed E-state index contributed by atoms with van der Waals surface area (Å²) in [5, 5.41) is -0.220. The van der Waals surface area contributed by atoms with Gasteiger partial charge in [0.2, 0.25) is 15.0 Å². The molecule has 1 aromatic carbocycles. The molecule has 172 valence electrons. The highest BCUT2D eigenvalue weighted by atomic mass is 32.2. The zero-order valence-electron chi connectivity index (χ0n) is 19.3. The van der Waals surface area contributed by atoms with Gasteiger partial charge in [-0.05, 0) is 50.1 Å². The van der Waals surface area contributed by atoms with Crippen molar-refractivity contribution in [2.24, 2.45) is 11.8 Å². The van der Waals surface area contributed by atoms with E-state index in [0.717, 1.165) is 45.4 Å². The smallest absolute Gasteiger partial charge is 0.257 e. The van der Waals surface area contributed by atoms with E-state index in [-0.39, 0.29) is 11.1 Å². The van der Waals surface area contributed by atoms with Gasteiger partial charge in [0, 0.05) is 32.4 Å². The molecule has 1 amide bonds. The Balaban J connectivity index is 1.35. The lowest BCUT2D eigenvalue weighted by Crippen LogP contribution is -2.35. The fraction of sp³-hybridized carbons (Fsp3) is 0.542. The van der Waals surface area contributed by atoms with Crippen molar-refractivity contribution in [2.75, 3.05) is 39.0 Å². The van der Waals surface area contributed by atoms with Gasteiger partial charge in [-0.15, -0.1) is 0 Å². The summed E-state index contributed by atoms with van der Waals surface area (Å²) in [6.07, 6.45) is 2.21. The Hall–Kier alpha value is -2.32. The predicted octanol–water partition coefficient (Wildman–Crippen LogP) is 2.69. The van der Waals surface area contributed by atoms with Crippen LogP contribution in [0, 0.1) is 25.7 Å². The molecule has 0 bridgehead atoms. The van der Waals surface area contributed by atoms with Crippen LogP contribution in [0.2, 0.25) is 0 Å². The molecule has 2 aromatic rings. The van der Waals surface area contributed by atoms with E-state index in [9.17, 15) is 13.2 Å². The Morgan fingerprint density at radius 2 is 1.59 bits per heavy atom. The summed E-state index contributed by atoms with van der Waals surface area (Å²) in [6.45, 7) is 10.3. The largest absolute Gasteiger partial charge is 0.338 e. The van der Waals surface area contributed by atoms with Gasteiger partial charge in [-0.2, -0.15) is 0 Å². The molecule has 8 heteroatoms. The number of hydrogen-bond donors (Lipinski definition) is 0. The van der Waals surface area contributed by atoms with Crippen LogP contribution in [0.3, 0.4) is 0 Å². The number of carbonyl (C=O) groups excluding carboxylic acids is 1. The minimum atomic E-state index is -3.51. The van der Waals surface area contributed by atoms with Crippen LogP contribution in [0.15, 0.2) is 35.5 Å². The minimum absolute atomic E-state index is 0.0845. The topological polar surface area (TPSA) is 83.5 Å². The highest BCUT2D eigenvalue weighted by molar-refractivity contribution is 7.90. The lowest BCUT2D eigenvalue weighted by Gasteiger charge is -2.23. The van der Waals surface area contributed by atoms with Crippen molar-refractivity contribution in [1.82, 2.24) is 19.8 Å². The Morgan fingerprint density at radius 1 is 1.03 bits per heavy atom. The van der Waals surface area contributed by atoms with E-state index in [0.29, 0.717) is 34.7 Å². The van der Waals surface area contributed by atoms with Crippen molar-refractivity contribution < 1.29 is 13.2 Å². The first-order valence-corrected chi connectivity index (χ1v) is 13.1. The minimum Gasteiger partial charge on any atom is -0.338 e. The van der Waals surface area contributed by atoms with Crippen molar-refractivity contribution in [3.63, 3.8) is 0 Å². The second-order valence-corrected chi connectivity index (χ2v) is 11.3. The van der Waals surface area contributed by atoms with Crippen LogP contribution in [0.4, 0.5) is 0 Å². The van der Waals surface area contributed by atoms with Gasteiger partial charge < -0.3 is 9.80 Å². The van der Waals surface area contributed by atoms with Gasteiger partial charge in [0.25, 0.3) is 5.91 Å². The van der Waals surface area contributed by atoms with Crippen LogP contribution < -0.4 is 0 Å². The van der Waals surface area contributed by atoms with Gasteiger partial charge in [0.15, 0.2) is 0 Å². The molecule has 3 heterocycles. The standard InChI is InChI=1S/C24H32N4O3S/c1-16(19-8-6-5-7-9-19)10-11-27-12-20-14-28(15-21(20)13-27)23(29)22-17(2)25-24(26-18(22)3)32(4,30)31/h5-9,16,20-21H,10-15H2,1-4H3. The zero-order chi connectivity index (χ0) is 23.0. The van der Waals surface area contributed by atoms with Crippen molar-refractivity contribution in [3.8, 4) is 0 Å². The normalized spacial score (nSPS) is 22.2. The number of benzene rings is 1. The van der Waals surface area contributed by atoms with Crippen LogP contribution in [0.25, 0.3) is 0 Å². The maximum atomic E-state index is 13.2. The second-order valence-electron chi connectivity index (χ2n) is 9.41. The molecule has 4 rings (SSSR count). The number of aromatic nitrogens is 2. The SMILES string of the molecule is Cc1nc(S(C)(=O)=O)nc(C)c1C(=O)N1CC2CN(CCC(C)c3ccccc3)CC2C1. The lowest BCUT2D eigenvalue weighted by atomic mass is 9.98. The average Bonchev–Trinajstić information content (AvgIpc) is 3.30. The summed E-state index contributed by atoms with van der Waals surface area (Å²) in [5.41, 5.74) is 2.68. The van der Waals surface area contributed by atoms with E-state index in [1.165, 1.54) is 5.56 Å². The number of carbonyl (C=O) groups is 1. The maximum Gasteiger partial charge on any atom is 0.257 e. The highest BCUT2D eigenvalue weighted by Gasteiger charge is 2.42. The Morgan fingerprint density at radius 3 is 2.12 bits per heavy atom. The third kappa shape index (κ3) is 4.71. The number of sulfone groups is 1. The van der Waals surface area contributed by atoms with Crippen molar-refractivity contribution >= 4 is 15.7 Å². The van der Waals surface area contributed by atoms with E-state index in [1.807, 2.05) is 4.90 Å². The predicted molar refractivity (Wildman–Crippen MR) is 123 cm³/mol. The summed E-state index contributed by atoms with van der Waals surface area (Å²) in [7, 11) is -3.51. The first kappa shape index (κ1) is 22.9. The van der Waals surface area contributed by atoms with Crippen LogP contribution in [0.1, 0.15) is 46.6 Å². The lowest BCUT2D eigenvalue weighted by molar-refractivity contribution is 0.0771. The van der Waals surface area contributed by atoms with Crippen LogP contribution in [0.5, 0.6) is 0 Å². The first-order valence-electron chi connectivity index (χ1n) is 11.3. The van der Waals surface area contributed by atoms with E-state index in [4.69, 9.17) is 0 Å². The quantitative estimate of drug-likeness (QED) is 0.622. The fourth-order valence-corrected chi connectivity index (χ4v) is 5.69. The molecule has 2 aliphatic heterocycles. The molecule has 0 aliphatic carbocycles. The van der Waals surface area contributed by atoms with Gasteiger partial charge in [-0.25, -0.2) is 18.4 Å². The molecule has 32 heavy (non-hydrogen) atoms. The molecule has 0 radical (unpaired) electrons. The van der Waals surface area contributed by atoms with E-state index in [2.05, 4.69) is 52.1 Å². The van der Waals surface area contributed by atoms with E-state index in [1.54, 1.807) is 13.8 Å². The molecule has 3 atom stereocenters. The number of rotatable bonds is 6. The molecule has 0 saturated carbocycles. The molecule has 0 spiro atoms. The summed E-state index contributed by atoms with van der Waals surface area (Å²) in [6, 6.07) is 10.6. The maximum absolute atomic E-state index is 13.2. The number of likely N-dealkylation sites (tertiary alicyclic amines) is 2. The monoisotopic (exact) mass is 456 g/mol. The molecular formula is C24H32N4O3S. The Kier molecular flexibility index (Phi) is 6.36. The molecule has 2 aliphatic rings. The molecule has 2 fully saturated rings. The Labute approximate surface area is 190 Å². The highest BCUT2D eigenvalue weighted by Crippen LogP contribution is 2.33. The van der Waals surface area contributed by atoms with Crippen molar-refractivity contribution in [2.45, 2.75) is 38.3 Å². The van der Waals surface area contributed by atoms with Crippen LogP contribution in [-0.4, -0.2) is 73.1 Å². The number of nitrogens with zero attached hydrogens (tertiary/aromatic N) is 4. The summed E-state index contributed by atoms with van der Waals surface area (Å²) < 4.78 is 23.6. The molecular weight excluding hydrogens is 424 g/mol. The van der Waals surface area contributed by atoms with Crippen molar-refractivity contribution in [3.05, 3.63) is 52.8 Å². The molecule has 1 aromatic heterocycles. The first-order chi connectivity index (χ1) is 15.1. The number of aryl methyl sites for hydroxylation is 2. The third-order valence-corrected chi connectivity index (χ3v) is 7.74. The van der Waals surface area contributed by atoms with Gasteiger partial charge >= 0.3 is 0 Å². The van der Waals surface area contributed by atoms with E-state index < -0.39 is 9.84 Å². The van der Waals surface area contributed by atoms with Crippen LogP contribution in [-0.2, 0) is 9.84 Å². The number of amides is 1. The van der Waals surface area contributed by atoms with Crippen molar-refractivity contribution in [1.29, 1.82) is 0 Å². The van der Waals surface area contributed by atoms with E-state index >= 15 is 0 Å². The van der Waals surface area contributed by atoms with Gasteiger partial charge in [0.05, 0.1) is 17.0 Å². The third-order valence-electron chi connectivity index (χ3n) is 6.89. The molecule has 7 nitrogen and oxygen atoms in total.